The van der Waals surface area contributed by atoms with Crippen LogP contribution in [0.3, 0.4) is 0 Å². The molecule has 24 heavy (non-hydrogen) atoms. The predicted octanol–water partition coefficient (Wildman–Crippen LogP) is 2.78. The van der Waals surface area contributed by atoms with Crippen molar-refractivity contribution in [1.29, 1.82) is 0 Å². The Morgan fingerprint density at radius 1 is 1.29 bits per heavy atom. The maximum Gasteiger partial charge on any atom is 0.257 e. The highest BCUT2D eigenvalue weighted by atomic mass is 16.1. The first-order valence-corrected chi connectivity index (χ1v) is 8.39. The van der Waals surface area contributed by atoms with Crippen molar-refractivity contribution in [2.24, 2.45) is 5.92 Å². The van der Waals surface area contributed by atoms with E-state index in [1.54, 1.807) is 6.20 Å². The van der Waals surface area contributed by atoms with Crippen molar-refractivity contribution >= 4 is 11.6 Å². The molecule has 0 radical (unpaired) electrons. The van der Waals surface area contributed by atoms with Gasteiger partial charge in [0.05, 0.1) is 6.20 Å². The van der Waals surface area contributed by atoms with E-state index in [2.05, 4.69) is 22.3 Å². The van der Waals surface area contributed by atoms with Gasteiger partial charge in [-0.25, -0.2) is 9.50 Å². The molecular weight excluding hydrogens is 300 g/mol. The fourth-order valence-electron chi connectivity index (χ4n) is 3.34. The molecule has 2 aromatic heterocycles. The Hall–Kier alpha value is -2.69. The molecule has 122 valence electrons. The van der Waals surface area contributed by atoms with Crippen molar-refractivity contribution in [3.05, 3.63) is 65.1 Å². The highest BCUT2D eigenvalue weighted by Crippen LogP contribution is 2.25. The average molecular weight is 320 g/mol. The van der Waals surface area contributed by atoms with Gasteiger partial charge in [-0.05, 0) is 36.3 Å². The van der Waals surface area contributed by atoms with Crippen LogP contribution in [0.2, 0.25) is 0 Å². The number of aromatic nitrogens is 3. The Morgan fingerprint density at radius 3 is 2.96 bits per heavy atom. The highest BCUT2D eigenvalue weighted by molar-refractivity contribution is 5.99. The van der Waals surface area contributed by atoms with Gasteiger partial charge in [-0.15, -0.1) is 0 Å². The zero-order valence-electron chi connectivity index (χ0n) is 13.7. The summed E-state index contributed by atoms with van der Waals surface area (Å²) in [5.41, 5.74) is 4.70. The third kappa shape index (κ3) is 2.66. The fourth-order valence-corrected chi connectivity index (χ4v) is 3.34. The summed E-state index contributed by atoms with van der Waals surface area (Å²) in [6.45, 7) is 2.76. The number of carbonyl (C=O) groups excluding carboxylic acids is 1. The molecule has 0 bridgehead atoms. The van der Waals surface area contributed by atoms with E-state index in [-0.39, 0.29) is 5.91 Å². The zero-order valence-corrected chi connectivity index (χ0v) is 13.7. The predicted molar refractivity (Wildman–Crippen MR) is 91.8 cm³/mol. The molecule has 5 nitrogen and oxygen atoms in total. The molecule has 1 atom stereocenters. The molecule has 4 rings (SSSR count). The van der Waals surface area contributed by atoms with Gasteiger partial charge in [0.2, 0.25) is 0 Å². The van der Waals surface area contributed by atoms with Crippen molar-refractivity contribution in [3.8, 4) is 0 Å². The number of fused-ring (bicyclic) bond motifs is 3. The molecule has 1 amide bonds. The molecule has 0 aliphatic heterocycles. The minimum Gasteiger partial charge on any atom is -0.348 e. The maximum absolute atomic E-state index is 12.5. The van der Waals surface area contributed by atoms with Gasteiger partial charge in [0.15, 0.2) is 5.65 Å². The SMILES string of the molecule is CC1CCc2c(cnc3c(C(=O)NCc4ccccc4)cnn23)C1. The summed E-state index contributed by atoms with van der Waals surface area (Å²) in [4.78, 5) is 17.0. The Morgan fingerprint density at radius 2 is 2.12 bits per heavy atom. The summed E-state index contributed by atoms with van der Waals surface area (Å²) < 4.78 is 1.85. The molecule has 1 aliphatic carbocycles. The summed E-state index contributed by atoms with van der Waals surface area (Å²) in [5, 5.41) is 7.37. The van der Waals surface area contributed by atoms with Gasteiger partial charge in [-0.3, -0.25) is 4.79 Å². The molecule has 2 heterocycles. The topological polar surface area (TPSA) is 59.3 Å². The second kappa shape index (κ2) is 6.07. The Bertz CT molecular complexity index is 885. The van der Waals surface area contributed by atoms with Crippen molar-refractivity contribution in [2.45, 2.75) is 32.7 Å². The number of aryl methyl sites for hydroxylation is 1. The molecule has 3 aromatic rings. The molecule has 0 fully saturated rings. The monoisotopic (exact) mass is 320 g/mol. The number of hydrogen-bond acceptors (Lipinski definition) is 3. The van der Waals surface area contributed by atoms with Crippen LogP contribution in [-0.4, -0.2) is 20.5 Å². The van der Waals surface area contributed by atoms with Crippen LogP contribution in [0.4, 0.5) is 0 Å². The van der Waals surface area contributed by atoms with Gasteiger partial charge < -0.3 is 5.32 Å². The summed E-state index contributed by atoms with van der Waals surface area (Å²) in [5.74, 6) is 0.548. The molecule has 1 unspecified atom stereocenters. The lowest BCUT2D eigenvalue weighted by Gasteiger charge is -2.21. The van der Waals surface area contributed by atoms with E-state index in [9.17, 15) is 4.79 Å². The lowest BCUT2D eigenvalue weighted by atomic mass is 9.89. The van der Waals surface area contributed by atoms with E-state index in [0.717, 1.165) is 24.8 Å². The van der Waals surface area contributed by atoms with Gasteiger partial charge in [0, 0.05) is 18.4 Å². The van der Waals surface area contributed by atoms with E-state index in [1.807, 2.05) is 41.0 Å². The minimum atomic E-state index is -0.134. The van der Waals surface area contributed by atoms with Gasteiger partial charge in [0.25, 0.3) is 5.91 Å². The van der Waals surface area contributed by atoms with Gasteiger partial charge in [-0.1, -0.05) is 37.3 Å². The molecule has 0 spiro atoms. The van der Waals surface area contributed by atoms with Crippen LogP contribution in [-0.2, 0) is 19.4 Å². The highest BCUT2D eigenvalue weighted by Gasteiger charge is 2.21. The Labute approximate surface area is 140 Å². The summed E-state index contributed by atoms with van der Waals surface area (Å²) >= 11 is 0. The standard InChI is InChI=1S/C19H20N4O/c1-13-7-8-17-15(9-13)11-20-18-16(12-22-23(17)18)19(24)21-10-14-5-3-2-4-6-14/h2-6,11-13H,7-10H2,1H3,(H,21,24). The third-order valence-electron chi connectivity index (χ3n) is 4.70. The number of benzene rings is 1. The van der Waals surface area contributed by atoms with Crippen molar-refractivity contribution < 1.29 is 4.79 Å². The number of nitrogens with one attached hydrogen (secondary N) is 1. The van der Waals surface area contributed by atoms with Crippen LogP contribution in [0.1, 0.15) is 40.5 Å². The molecule has 1 N–H and O–H groups in total. The van der Waals surface area contributed by atoms with Gasteiger partial charge in [-0.2, -0.15) is 5.10 Å². The van der Waals surface area contributed by atoms with Crippen molar-refractivity contribution in [1.82, 2.24) is 19.9 Å². The maximum atomic E-state index is 12.5. The second-order valence-electron chi connectivity index (χ2n) is 6.54. The second-order valence-corrected chi connectivity index (χ2v) is 6.54. The first-order chi connectivity index (χ1) is 11.7. The van der Waals surface area contributed by atoms with Crippen LogP contribution in [0, 0.1) is 5.92 Å². The number of nitrogens with zero attached hydrogens (tertiary/aromatic N) is 3. The largest absolute Gasteiger partial charge is 0.348 e. The normalized spacial score (nSPS) is 16.8. The zero-order chi connectivity index (χ0) is 16.5. The van der Waals surface area contributed by atoms with Crippen LogP contribution >= 0.6 is 0 Å². The minimum absolute atomic E-state index is 0.134. The van der Waals surface area contributed by atoms with E-state index in [1.165, 1.54) is 11.3 Å². The lowest BCUT2D eigenvalue weighted by Crippen LogP contribution is -2.23. The van der Waals surface area contributed by atoms with E-state index < -0.39 is 0 Å². The lowest BCUT2D eigenvalue weighted by molar-refractivity contribution is 0.0952. The Kier molecular flexibility index (Phi) is 3.76. The van der Waals surface area contributed by atoms with Crippen LogP contribution in [0.15, 0.2) is 42.7 Å². The molecule has 0 saturated heterocycles. The Balaban J connectivity index is 1.60. The molecule has 0 saturated carbocycles. The van der Waals surface area contributed by atoms with Crippen LogP contribution in [0.5, 0.6) is 0 Å². The molecule has 1 aromatic carbocycles. The van der Waals surface area contributed by atoms with E-state index in [0.29, 0.717) is 23.7 Å². The van der Waals surface area contributed by atoms with E-state index in [4.69, 9.17) is 0 Å². The molecule has 1 aliphatic rings. The molecular formula is C19H20N4O. The molecule has 5 heteroatoms. The van der Waals surface area contributed by atoms with Crippen molar-refractivity contribution in [3.63, 3.8) is 0 Å². The van der Waals surface area contributed by atoms with Crippen molar-refractivity contribution in [2.75, 3.05) is 0 Å². The first-order valence-electron chi connectivity index (χ1n) is 8.39. The van der Waals surface area contributed by atoms with Gasteiger partial charge in [0.1, 0.15) is 5.56 Å². The number of rotatable bonds is 3. The van der Waals surface area contributed by atoms with Crippen LogP contribution in [0.25, 0.3) is 5.65 Å². The smallest absolute Gasteiger partial charge is 0.257 e. The van der Waals surface area contributed by atoms with Crippen LogP contribution < -0.4 is 5.32 Å². The third-order valence-corrected chi connectivity index (χ3v) is 4.70. The first kappa shape index (κ1) is 14.9. The summed E-state index contributed by atoms with van der Waals surface area (Å²) in [6, 6.07) is 9.88. The average Bonchev–Trinajstić information content (AvgIpc) is 3.04. The fraction of sp³-hybridized carbons (Fsp3) is 0.316. The number of carbonyl (C=O) groups is 1. The summed E-state index contributed by atoms with van der Waals surface area (Å²) in [6.07, 6.45) is 6.72. The number of amides is 1. The summed E-state index contributed by atoms with van der Waals surface area (Å²) in [7, 11) is 0. The quantitative estimate of drug-likeness (QED) is 0.807. The van der Waals surface area contributed by atoms with E-state index >= 15 is 0 Å². The number of hydrogen-bond donors (Lipinski definition) is 1. The van der Waals surface area contributed by atoms with Gasteiger partial charge >= 0.3 is 0 Å².